The number of carbonyl (C=O) groups excluding carboxylic acids is 1. The van der Waals surface area contributed by atoms with Crippen molar-refractivity contribution in [2.45, 2.75) is 13.3 Å². The van der Waals surface area contributed by atoms with Crippen LogP contribution in [0.2, 0.25) is 0 Å². The molecule has 1 fully saturated rings. The third kappa shape index (κ3) is 6.35. The molecule has 2 rings (SSSR count). The lowest BCUT2D eigenvalue weighted by Crippen LogP contribution is -2.48. The summed E-state index contributed by atoms with van der Waals surface area (Å²) in [5, 5.41) is 3.14. The molecule has 0 unspecified atom stereocenters. The van der Waals surface area contributed by atoms with E-state index in [0.29, 0.717) is 39.3 Å². The van der Waals surface area contributed by atoms with Gasteiger partial charge in [0.15, 0.2) is 0 Å². The van der Waals surface area contributed by atoms with Crippen molar-refractivity contribution in [3.05, 3.63) is 35.4 Å². The SMILES string of the molecule is COCCN(CCS(=O)(=O)N1CCNCC1)C(=O)Cc1ccc(C)cc1. The molecule has 7 nitrogen and oxygen atoms in total. The van der Waals surface area contributed by atoms with E-state index in [9.17, 15) is 13.2 Å². The highest BCUT2D eigenvalue weighted by Crippen LogP contribution is 2.08. The first-order valence-corrected chi connectivity index (χ1v) is 10.5. The second-order valence-electron chi connectivity index (χ2n) is 6.50. The van der Waals surface area contributed by atoms with Crippen LogP contribution in [0.5, 0.6) is 0 Å². The Morgan fingerprint density at radius 2 is 1.85 bits per heavy atom. The van der Waals surface area contributed by atoms with Crippen LogP contribution in [-0.4, -0.2) is 82.3 Å². The van der Waals surface area contributed by atoms with Crippen molar-refractivity contribution in [2.24, 2.45) is 0 Å². The summed E-state index contributed by atoms with van der Waals surface area (Å²) < 4.78 is 31.6. The van der Waals surface area contributed by atoms with Crippen LogP contribution in [0, 0.1) is 6.92 Å². The van der Waals surface area contributed by atoms with Crippen molar-refractivity contribution in [3.63, 3.8) is 0 Å². The summed E-state index contributed by atoms with van der Waals surface area (Å²) in [5.41, 5.74) is 2.06. The first-order chi connectivity index (χ1) is 12.4. The fourth-order valence-electron chi connectivity index (χ4n) is 2.83. The molecule has 0 atom stereocenters. The number of amides is 1. The van der Waals surface area contributed by atoms with Crippen LogP contribution >= 0.6 is 0 Å². The van der Waals surface area contributed by atoms with Crippen molar-refractivity contribution in [3.8, 4) is 0 Å². The number of sulfonamides is 1. The van der Waals surface area contributed by atoms with Crippen LogP contribution < -0.4 is 5.32 Å². The van der Waals surface area contributed by atoms with Gasteiger partial charge in [0.25, 0.3) is 0 Å². The molecule has 8 heteroatoms. The Kier molecular flexibility index (Phi) is 8.02. The van der Waals surface area contributed by atoms with Crippen LogP contribution in [0.3, 0.4) is 0 Å². The normalized spacial score (nSPS) is 15.8. The van der Waals surface area contributed by atoms with Gasteiger partial charge in [0.2, 0.25) is 15.9 Å². The molecule has 1 aromatic carbocycles. The van der Waals surface area contributed by atoms with E-state index < -0.39 is 10.0 Å². The van der Waals surface area contributed by atoms with Crippen molar-refractivity contribution in [1.29, 1.82) is 0 Å². The van der Waals surface area contributed by atoms with E-state index in [0.717, 1.165) is 11.1 Å². The molecule has 1 heterocycles. The zero-order valence-corrected chi connectivity index (χ0v) is 16.4. The van der Waals surface area contributed by atoms with Crippen molar-refractivity contribution in [1.82, 2.24) is 14.5 Å². The van der Waals surface area contributed by atoms with Gasteiger partial charge in [-0.05, 0) is 12.5 Å². The smallest absolute Gasteiger partial charge is 0.227 e. The average molecular weight is 384 g/mol. The van der Waals surface area contributed by atoms with Crippen LogP contribution in [-0.2, 0) is 26.0 Å². The minimum atomic E-state index is -3.36. The topological polar surface area (TPSA) is 79.0 Å². The average Bonchev–Trinajstić information content (AvgIpc) is 2.64. The number of nitrogens with zero attached hydrogens (tertiary/aromatic N) is 2. The van der Waals surface area contributed by atoms with Crippen molar-refractivity contribution >= 4 is 15.9 Å². The quantitative estimate of drug-likeness (QED) is 0.661. The maximum Gasteiger partial charge on any atom is 0.227 e. The number of hydrogen-bond acceptors (Lipinski definition) is 5. The van der Waals surface area contributed by atoms with Crippen LogP contribution in [0.4, 0.5) is 0 Å². The third-order valence-corrected chi connectivity index (χ3v) is 6.33. The van der Waals surface area contributed by atoms with Crippen LogP contribution in [0.15, 0.2) is 24.3 Å². The molecule has 146 valence electrons. The maximum absolute atomic E-state index is 12.6. The van der Waals surface area contributed by atoms with Gasteiger partial charge < -0.3 is 15.0 Å². The molecular formula is C18H29N3O4S. The number of ether oxygens (including phenoxy) is 1. The Bertz CT molecular complexity index is 670. The molecule has 26 heavy (non-hydrogen) atoms. The zero-order chi connectivity index (χ0) is 19.0. The fourth-order valence-corrected chi connectivity index (χ4v) is 4.28. The summed E-state index contributed by atoms with van der Waals surface area (Å²) in [6.07, 6.45) is 0.262. The molecule has 0 saturated carbocycles. The van der Waals surface area contributed by atoms with Gasteiger partial charge in [-0.15, -0.1) is 0 Å². The van der Waals surface area contributed by atoms with Gasteiger partial charge >= 0.3 is 0 Å². The third-order valence-electron chi connectivity index (χ3n) is 4.48. The molecule has 0 aliphatic carbocycles. The first kappa shape index (κ1) is 20.8. The number of nitrogens with one attached hydrogen (secondary N) is 1. The Morgan fingerprint density at radius 1 is 1.19 bits per heavy atom. The number of methoxy groups -OCH3 is 1. The molecule has 1 aromatic rings. The predicted octanol–water partition coefficient (Wildman–Crippen LogP) is 0.248. The van der Waals surface area contributed by atoms with Crippen molar-refractivity contribution < 1.29 is 17.9 Å². The molecule has 0 bridgehead atoms. The Balaban J connectivity index is 1.96. The number of rotatable bonds is 9. The van der Waals surface area contributed by atoms with E-state index in [1.54, 1.807) is 12.0 Å². The lowest BCUT2D eigenvalue weighted by Gasteiger charge is -2.28. The van der Waals surface area contributed by atoms with Gasteiger partial charge in [0.1, 0.15) is 0 Å². The molecule has 0 aromatic heterocycles. The van der Waals surface area contributed by atoms with E-state index in [-0.39, 0.29) is 24.6 Å². The highest BCUT2D eigenvalue weighted by Gasteiger charge is 2.25. The molecular weight excluding hydrogens is 354 g/mol. The highest BCUT2D eigenvalue weighted by molar-refractivity contribution is 7.89. The summed E-state index contributed by atoms with van der Waals surface area (Å²) in [4.78, 5) is 14.2. The summed E-state index contributed by atoms with van der Waals surface area (Å²) in [6.45, 7) is 5.25. The number of hydrogen-bond donors (Lipinski definition) is 1. The summed E-state index contributed by atoms with van der Waals surface area (Å²) >= 11 is 0. The Hall–Kier alpha value is -1.48. The number of benzene rings is 1. The van der Waals surface area contributed by atoms with Crippen LogP contribution in [0.1, 0.15) is 11.1 Å². The van der Waals surface area contributed by atoms with E-state index in [2.05, 4.69) is 5.32 Å². The Morgan fingerprint density at radius 3 is 2.46 bits per heavy atom. The fraction of sp³-hybridized carbons (Fsp3) is 0.611. The number of piperazine rings is 1. The second kappa shape index (κ2) is 10.0. The summed E-state index contributed by atoms with van der Waals surface area (Å²) in [5.74, 6) is -0.141. The second-order valence-corrected chi connectivity index (χ2v) is 8.59. The van der Waals surface area contributed by atoms with E-state index in [4.69, 9.17) is 4.74 Å². The monoisotopic (exact) mass is 383 g/mol. The molecule has 1 saturated heterocycles. The van der Waals surface area contributed by atoms with E-state index >= 15 is 0 Å². The van der Waals surface area contributed by atoms with E-state index in [1.807, 2.05) is 31.2 Å². The van der Waals surface area contributed by atoms with Gasteiger partial charge in [-0.2, -0.15) is 4.31 Å². The molecule has 1 aliphatic heterocycles. The predicted molar refractivity (Wildman–Crippen MR) is 102 cm³/mol. The van der Waals surface area contributed by atoms with Gasteiger partial charge in [-0.3, -0.25) is 4.79 Å². The van der Waals surface area contributed by atoms with E-state index in [1.165, 1.54) is 4.31 Å². The minimum Gasteiger partial charge on any atom is -0.383 e. The van der Waals surface area contributed by atoms with Gasteiger partial charge in [-0.1, -0.05) is 29.8 Å². The molecule has 0 radical (unpaired) electrons. The van der Waals surface area contributed by atoms with Crippen molar-refractivity contribution in [2.75, 3.05) is 58.7 Å². The first-order valence-electron chi connectivity index (χ1n) is 8.93. The largest absolute Gasteiger partial charge is 0.383 e. The Labute approximate surface area is 156 Å². The molecule has 1 N–H and O–H groups in total. The van der Waals surface area contributed by atoms with Gasteiger partial charge in [0, 0.05) is 46.4 Å². The molecule has 1 amide bonds. The summed E-state index contributed by atoms with van der Waals surface area (Å²) in [7, 11) is -1.79. The number of carbonyl (C=O) groups is 1. The molecule has 1 aliphatic rings. The van der Waals surface area contributed by atoms with Gasteiger partial charge in [0.05, 0.1) is 18.8 Å². The minimum absolute atomic E-state index is 0.0592. The maximum atomic E-state index is 12.6. The molecule has 0 spiro atoms. The summed E-state index contributed by atoms with van der Waals surface area (Å²) in [6, 6.07) is 7.80. The number of aryl methyl sites for hydroxylation is 1. The lowest BCUT2D eigenvalue weighted by molar-refractivity contribution is -0.130. The lowest BCUT2D eigenvalue weighted by atomic mass is 10.1. The zero-order valence-electron chi connectivity index (χ0n) is 15.6. The van der Waals surface area contributed by atoms with Gasteiger partial charge in [-0.25, -0.2) is 8.42 Å². The highest BCUT2D eigenvalue weighted by atomic mass is 32.2. The standard InChI is InChI=1S/C18H29N3O4S/c1-16-3-5-17(6-4-16)15-18(22)20(11-13-25-2)12-14-26(23,24)21-9-7-19-8-10-21/h3-6,19H,7-15H2,1-2H3. The van der Waals surface area contributed by atoms with Crippen LogP contribution in [0.25, 0.3) is 0 Å².